The van der Waals surface area contributed by atoms with Gasteiger partial charge in [0.05, 0.1) is 13.7 Å². The van der Waals surface area contributed by atoms with Gasteiger partial charge in [0.2, 0.25) is 11.8 Å². The number of anilines is 1. The number of nitrogens with one attached hydrogen (secondary N) is 1. The molecule has 0 aliphatic rings. The molecule has 0 bridgehead atoms. The van der Waals surface area contributed by atoms with E-state index in [9.17, 15) is 0 Å². The van der Waals surface area contributed by atoms with Crippen molar-refractivity contribution in [2.24, 2.45) is 0 Å². The summed E-state index contributed by atoms with van der Waals surface area (Å²) < 4.78 is 5.03. The number of aromatic nitrogens is 2. The molecule has 1 aromatic carbocycles. The van der Waals surface area contributed by atoms with E-state index in [4.69, 9.17) is 9.84 Å². The van der Waals surface area contributed by atoms with Gasteiger partial charge in [0.25, 0.3) is 0 Å². The zero-order valence-electron chi connectivity index (χ0n) is 10.8. The first-order valence-electron chi connectivity index (χ1n) is 6.11. The standard InChI is InChI=1S/C14H17N3O2/c1-19-13-7-9-16-14(17-13)15-8-6-11-2-4-12(10-18)5-3-11/h2-5,7,9,18H,6,8,10H2,1H3,(H,15,16,17). The lowest BCUT2D eigenvalue weighted by Crippen LogP contribution is -2.08. The Morgan fingerprint density at radius 1 is 1.16 bits per heavy atom. The van der Waals surface area contributed by atoms with Gasteiger partial charge in [-0.15, -0.1) is 0 Å². The van der Waals surface area contributed by atoms with Gasteiger partial charge >= 0.3 is 0 Å². The third-order valence-electron chi connectivity index (χ3n) is 2.74. The number of ether oxygens (including phenoxy) is 1. The Kier molecular flexibility index (Phi) is 4.69. The molecule has 0 radical (unpaired) electrons. The second-order valence-electron chi connectivity index (χ2n) is 4.07. The molecule has 2 aromatic rings. The van der Waals surface area contributed by atoms with E-state index in [0.29, 0.717) is 11.8 Å². The predicted octanol–water partition coefficient (Wildman–Crippen LogP) is 1.63. The molecule has 0 atom stereocenters. The van der Waals surface area contributed by atoms with Crippen LogP contribution in [0.5, 0.6) is 5.88 Å². The van der Waals surface area contributed by atoms with Crippen LogP contribution in [-0.2, 0) is 13.0 Å². The summed E-state index contributed by atoms with van der Waals surface area (Å²) in [7, 11) is 1.58. The van der Waals surface area contributed by atoms with Gasteiger partial charge in [-0.05, 0) is 17.5 Å². The number of methoxy groups -OCH3 is 1. The molecule has 1 aromatic heterocycles. The smallest absolute Gasteiger partial charge is 0.225 e. The van der Waals surface area contributed by atoms with Gasteiger partial charge in [0, 0.05) is 18.8 Å². The molecule has 0 amide bonds. The maximum Gasteiger partial charge on any atom is 0.225 e. The molecule has 0 saturated heterocycles. The Balaban J connectivity index is 1.85. The predicted molar refractivity (Wildman–Crippen MR) is 73.1 cm³/mol. The molecular formula is C14H17N3O2. The van der Waals surface area contributed by atoms with E-state index >= 15 is 0 Å². The summed E-state index contributed by atoms with van der Waals surface area (Å²) in [6, 6.07) is 9.59. The molecule has 0 aliphatic heterocycles. The molecule has 1 heterocycles. The number of aliphatic hydroxyl groups is 1. The van der Waals surface area contributed by atoms with Crippen LogP contribution < -0.4 is 10.1 Å². The van der Waals surface area contributed by atoms with Gasteiger partial charge in [-0.1, -0.05) is 24.3 Å². The maximum absolute atomic E-state index is 8.96. The maximum atomic E-state index is 8.96. The first-order chi connectivity index (χ1) is 9.31. The molecule has 0 spiro atoms. The molecule has 5 heteroatoms. The zero-order chi connectivity index (χ0) is 13.5. The summed E-state index contributed by atoms with van der Waals surface area (Å²) in [6.07, 6.45) is 2.52. The monoisotopic (exact) mass is 259 g/mol. The third-order valence-corrected chi connectivity index (χ3v) is 2.74. The van der Waals surface area contributed by atoms with Crippen molar-refractivity contribution in [1.82, 2.24) is 9.97 Å². The van der Waals surface area contributed by atoms with Gasteiger partial charge < -0.3 is 15.2 Å². The van der Waals surface area contributed by atoms with Gasteiger partial charge in [0.1, 0.15) is 0 Å². The van der Waals surface area contributed by atoms with E-state index < -0.39 is 0 Å². The summed E-state index contributed by atoms with van der Waals surface area (Å²) in [5.41, 5.74) is 2.13. The quantitative estimate of drug-likeness (QED) is 0.825. The highest BCUT2D eigenvalue weighted by Gasteiger charge is 1.99. The highest BCUT2D eigenvalue weighted by molar-refractivity contribution is 5.28. The Morgan fingerprint density at radius 3 is 2.58 bits per heavy atom. The van der Waals surface area contributed by atoms with Gasteiger partial charge in [-0.3, -0.25) is 0 Å². The fourth-order valence-corrected chi connectivity index (χ4v) is 1.67. The van der Waals surface area contributed by atoms with Crippen molar-refractivity contribution >= 4 is 5.95 Å². The lowest BCUT2D eigenvalue weighted by Gasteiger charge is -2.06. The molecule has 0 unspecified atom stereocenters. The van der Waals surface area contributed by atoms with E-state index in [-0.39, 0.29) is 6.61 Å². The second-order valence-corrected chi connectivity index (χ2v) is 4.07. The fraction of sp³-hybridized carbons (Fsp3) is 0.286. The second kappa shape index (κ2) is 6.70. The number of aliphatic hydroxyl groups excluding tert-OH is 1. The van der Waals surface area contributed by atoms with Crippen LogP contribution >= 0.6 is 0 Å². The minimum atomic E-state index is 0.0795. The Hall–Kier alpha value is -2.14. The van der Waals surface area contributed by atoms with Crippen LogP contribution in [0.1, 0.15) is 11.1 Å². The Morgan fingerprint density at radius 2 is 1.89 bits per heavy atom. The molecule has 19 heavy (non-hydrogen) atoms. The average molecular weight is 259 g/mol. The van der Waals surface area contributed by atoms with Crippen molar-refractivity contribution in [1.29, 1.82) is 0 Å². The minimum Gasteiger partial charge on any atom is -0.481 e. The molecule has 0 fully saturated rings. The van der Waals surface area contributed by atoms with E-state index in [0.717, 1.165) is 18.5 Å². The molecule has 2 rings (SSSR count). The van der Waals surface area contributed by atoms with Crippen LogP contribution in [0.4, 0.5) is 5.95 Å². The number of benzene rings is 1. The van der Waals surface area contributed by atoms with Crippen LogP contribution in [0.25, 0.3) is 0 Å². The topological polar surface area (TPSA) is 67.3 Å². The molecule has 2 N–H and O–H groups in total. The lowest BCUT2D eigenvalue weighted by atomic mass is 10.1. The van der Waals surface area contributed by atoms with Crippen molar-refractivity contribution in [2.75, 3.05) is 19.0 Å². The molecule has 0 saturated carbocycles. The summed E-state index contributed by atoms with van der Waals surface area (Å²) in [6.45, 7) is 0.821. The van der Waals surface area contributed by atoms with Crippen molar-refractivity contribution in [3.05, 3.63) is 47.7 Å². The highest BCUT2D eigenvalue weighted by atomic mass is 16.5. The van der Waals surface area contributed by atoms with Crippen LogP contribution in [0.2, 0.25) is 0 Å². The highest BCUT2D eigenvalue weighted by Crippen LogP contribution is 2.08. The number of nitrogens with zero attached hydrogens (tertiary/aromatic N) is 2. The van der Waals surface area contributed by atoms with Crippen LogP contribution in [0, 0.1) is 0 Å². The first kappa shape index (κ1) is 13.3. The van der Waals surface area contributed by atoms with Crippen molar-refractivity contribution < 1.29 is 9.84 Å². The average Bonchev–Trinajstić information content (AvgIpc) is 2.48. The molecular weight excluding hydrogens is 242 g/mol. The molecule has 5 nitrogen and oxygen atoms in total. The fourth-order valence-electron chi connectivity index (χ4n) is 1.67. The van der Waals surface area contributed by atoms with Crippen LogP contribution in [0.15, 0.2) is 36.5 Å². The first-order valence-corrected chi connectivity index (χ1v) is 6.11. The summed E-state index contributed by atoms with van der Waals surface area (Å²) in [4.78, 5) is 8.28. The van der Waals surface area contributed by atoms with Gasteiger partial charge in [-0.25, -0.2) is 4.98 Å². The van der Waals surface area contributed by atoms with Crippen LogP contribution in [-0.4, -0.2) is 28.7 Å². The number of rotatable bonds is 6. The Labute approximate surface area is 112 Å². The van der Waals surface area contributed by atoms with E-state index in [1.165, 1.54) is 5.56 Å². The van der Waals surface area contributed by atoms with Crippen molar-refractivity contribution in [3.8, 4) is 5.88 Å². The van der Waals surface area contributed by atoms with E-state index in [2.05, 4.69) is 15.3 Å². The molecule has 0 aliphatic carbocycles. The third kappa shape index (κ3) is 3.93. The SMILES string of the molecule is COc1ccnc(NCCc2ccc(CO)cc2)n1. The summed E-state index contributed by atoms with van der Waals surface area (Å²) >= 11 is 0. The summed E-state index contributed by atoms with van der Waals surface area (Å²) in [5.74, 6) is 1.11. The summed E-state index contributed by atoms with van der Waals surface area (Å²) in [5, 5.41) is 12.1. The van der Waals surface area contributed by atoms with Crippen molar-refractivity contribution in [3.63, 3.8) is 0 Å². The van der Waals surface area contributed by atoms with Crippen molar-refractivity contribution in [2.45, 2.75) is 13.0 Å². The number of hydrogen-bond acceptors (Lipinski definition) is 5. The largest absolute Gasteiger partial charge is 0.481 e. The number of hydrogen-bond donors (Lipinski definition) is 2. The zero-order valence-corrected chi connectivity index (χ0v) is 10.8. The lowest BCUT2D eigenvalue weighted by molar-refractivity contribution is 0.282. The van der Waals surface area contributed by atoms with E-state index in [1.807, 2.05) is 24.3 Å². The molecule has 100 valence electrons. The van der Waals surface area contributed by atoms with Crippen LogP contribution in [0.3, 0.4) is 0 Å². The van der Waals surface area contributed by atoms with Gasteiger partial charge in [-0.2, -0.15) is 4.98 Å². The normalized spacial score (nSPS) is 10.2. The minimum absolute atomic E-state index is 0.0795. The van der Waals surface area contributed by atoms with Gasteiger partial charge in [0.15, 0.2) is 0 Å². The Bertz CT molecular complexity index is 514. The van der Waals surface area contributed by atoms with E-state index in [1.54, 1.807) is 19.4 Å².